The molecule has 0 saturated carbocycles. The topological polar surface area (TPSA) is 55.4 Å². The zero-order chi connectivity index (χ0) is 20.0. The lowest BCUT2D eigenvalue weighted by Gasteiger charge is -2.35. The van der Waals surface area contributed by atoms with Gasteiger partial charge in [-0.3, -0.25) is 4.79 Å². The fourth-order valence-electron chi connectivity index (χ4n) is 3.50. The minimum absolute atomic E-state index is 0.283. The number of benzene rings is 3. The number of hydrogen-bond donors (Lipinski definition) is 1. The minimum Gasteiger partial charge on any atom is -0.467 e. The number of rotatable bonds is 6. The van der Waals surface area contributed by atoms with Crippen molar-refractivity contribution < 1.29 is 14.3 Å². The zero-order valence-corrected chi connectivity index (χ0v) is 16.0. The van der Waals surface area contributed by atoms with E-state index in [1.165, 1.54) is 7.11 Å². The molecule has 3 rings (SSSR count). The summed E-state index contributed by atoms with van der Waals surface area (Å²) in [6.07, 6.45) is 0. The minimum atomic E-state index is -1.11. The molecule has 1 N–H and O–H groups in total. The van der Waals surface area contributed by atoms with Crippen molar-refractivity contribution in [3.63, 3.8) is 0 Å². The van der Waals surface area contributed by atoms with Crippen LogP contribution in [0.5, 0.6) is 0 Å². The maximum Gasteiger partial charge on any atom is 0.328 e. The molecule has 0 bridgehead atoms. The van der Waals surface area contributed by atoms with Crippen LogP contribution in [0.3, 0.4) is 0 Å². The van der Waals surface area contributed by atoms with E-state index < -0.39 is 17.4 Å². The lowest BCUT2D eigenvalue weighted by Crippen LogP contribution is -2.51. The standard InChI is InChI=1S/C24H23NO3/c1-18(22(26)28-2)25-23(27)24(19-12-6-3-7-13-19,20-14-8-4-9-15-20)21-16-10-5-11-17-21/h3-18H,1-2H3,(H,25,27)/t18-/m0/s1. The number of methoxy groups -OCH3 is 1. The molecular weight excluding hydrogens is 350 g/mol. The van der Waals surface area contributed by atoms with Crippen LogP contribution in [0.15, 0.2) is 91.0 Å². The smallest absolute Gasteiger partial charge is 0.328 e. The summed E-state index contributed by atoms with van der Waals surface area (Å²) in [6, 6.07) is 28.0. The molecule has 0 aliphatic rings. The Labute approximate surface area is 165 Å². The Hall–Kier alpha value is -3.40. The van der Waals surface area contributed by atoms with E-state index in [1.807, 2.05) is 91.0 Å². The number of nitrogens with one attached hydrogen (secondary N) is 1. The summed E-state index contributed by atoms with van der Waals surface area (Å²) in [5.41, 5.74) is 1.36. The third-order valence-corrected chi connectivity index (χ3v) is 4.86. The lowest BCUT2D eigenvalue weighted by atomic mass is 9.68. The van der Waals surface area contributed by atoms with Crippen LogP contribution >= 0.6 is 0 Å². The largest absolute Gasteiger partial charge is 0.467 e. The van der Waals surface area contributed by atoms with Crippen molar-refractivity contribution in [1.29, 1.82) is 0 Å². The fraction of sp³-hybridized carbons (Fsp3) is 0.167. The average Bonchev–Trinajstić information content (AvgIpc) is 2.76. The van der Waals surface area contributed by atoms with Gasteiger partial charge in [0, 0.05) is 0 Å². The van der Waals surface area contributed by atoms with Gasteiger partial charge in [-0.15, -0.1) is 0 Å². The van der Waals surface area contributed by atoms with Gasteiger partial charge in [-0.05, 0) is 23.6 Å². The SMILES string of the molecule is COC(=O)[C@H](C)NC(=O)C(c1ccccc1)(c1ccccc1)c1ccccc1. The average molecular weight is 373 g/mol. The lowest BCUT2D eigenvalue weighted by molar-refractivity contribution is -0.144. The summed E-state index contributed by atoms with van der Waals surface area (Å²) >= 11 is 0. The Kier molecular flexibility index (Phi) is 5.90. The van der Waals surface area contributed by atoms with Gasteiger partial charge in [-0.1, -0.05) is 91.0 Å². The number of amides is 1. The summed E-state index contributed by atoms with van der Waals surface area (Å²) in [5.74, 6) is -0.773. The molecule has 4 heteroatoms. The first kappa shape index (κ1) is 19.4. The maximum atomic E-state index is 13.8. The molecule has 28 heavy (non-hydrogen) atoms. The Morgan fingerprint density at radius 1 is 0.750 bits per heavy atom. The molecule has 0 radical (unpaired) electrons. The van der Waals surface area contributed by atoms with Crippen LogP contribution in [0.1, 0.15) is 23.6 Å². The van der Waals surface area contributed by atoms with Gasteiger partial charge < -0.3 is 10.1 Å². The number of carbonyl (C=O) groups is 2. The number of esters is 1. The van der Waals surface area contributed by atoms with Crippen molar-refractivity contribution in [1.82, 2.24) is 5.32 Å². The first-order valence-corrected chi connectivity index (χ1v) is 9.16. The highest BCUT2D eigenvalue weighted by Crippen LogP contribution is 2.39. The maximum absolute atomic E-state index is 13.8. The second-order valence-electron chi connectivity index (χ2n) is 6.57. The Morgan fingerprint density at radius 3 is 1.43 bits per heavy atom. The van der Waals surface area contributed by atoms with Gasteiger partial charge in [0.05, 0.1) is 7.11 Å². The third kappa shape index (κ3) is 3.54. The van der Waals surface area contributed by atoms with Crippen LogP contribution in [0.4, 0.5) is 0 Å². The van der Waals surface area contributed by atoms with Gasteiger partial charge in [0.15, 0.2) is 0 Å². The van der Waals surface area contributed by atoms with E-state index in [1.54, 1.807) is 6.92 Å². The normalized spacial score (nSPS) is 12.1. The molecule has 142 valence electrons. The summed E-state index contributed by atoms with van der Waals surface area (Å²) in [5, 5.41) is 2.85. The van der Waals surface area contributed by atoms with Gasteiger partial charge in [0.2, 0.25) is 5.91 Å². The summed E-state index contributed by atoms with van der Waals surface area (Å²) in [4.78, 5) is 25.7. The van der Waals surface area contributed by atoms with E-state index in [2.05, 4.69) is 5.32 Å². The van der Waals surface area contributed by atoms with Crippen LogP contribution in [-0.2, 0) is 19.7 Å². The van der Waals surface area contributed by atoms with Crippen LogP contribution < -0.4 is 5.32 Å². The Bertz CT molecular complexity index is 827. The molecule has 0 aromatic heterocycles. The molecule has 0 unspecified atom stereocenters. The van der Waals surface area contributed by atoms with Crippen molar-refractivity contribution >= 4 is 11.9 Å². The van der Waals surface area contributed by atoms with Crippen molar-refractivity contribution in [2.24, 2.45) is 0 Å². The number of ether oxygens (including phenoxy) is 1. The summed E-state index contributed by atoms with van der Waals surface area (Å²) in [6.45, 7) is 1.62. The number of carbonyl (C=O) groups excluding carboxylic acids is 2. The van der Waals surface area contributed by atoms with Gasteiger partial charge in [0.25, 0.3) is 0 Å². The van der Waals surface area contributed by atoms with E-state index in [9.17, 15) is 9.59 Å². The van der Waals surface area contributed by atoms with Crippen LogP contribution in [-0.4, -0.2) is 25.0 Å². The van der Waals surface area contributed by atoms with Gasteiger partial charge in [-0.2, -0.15) is 0 Å². The van der Waals surface area contributed by atoms with E-state index in [-0.39, 0.29) is 5.91 Å². The van der Waals surface area contributed by atoms with E-state index >= 15 is 0 Å². The molecule has 0 aliphatic carbocycles. The molecule has 0 aliphatic heterocycles. The zero-order valence-electron chi connectivity index (χ0n) is 16.0. The second-order valence-corrected chi connectivity index (χ2v) is 6.57. The van der Waals surface area contributed by atoms with Crippen LogP contribution in [0, 0.1) is 0 Å². The molecule has 0 spiro atoms. The highest BCUT2D eigenvalue weighted by molar-refractivity contribution is 5.98. The molecular formula is C24H23NO3. The van der Waals surface area contributed by atoms with E-state index in [0.717, 1.165) is 16.7 Å². The van der Waals surface area contributed by atoms with E-state index in [0.29, 0.717) is 0 Å². The number of hydrogen-bond acceptors (Lipinski definition) is 3. The fourth-order valence-corrected chi connectivity index (χ4v) is 3.50. The molecule has 0 heterocycles. The van der Waals surface area contributed by atoms with Crippen molar-refractivity contribution in [2.45, 2.75) is 18.4 Å². The second kappa shape index (κ2) is 8.53. The first-order valence-electron chi connectivity index (χ1n) is 9.16. The highest BCUT2D eigenvalue weighted by atomic mass is 16.5. The Morgan fingerprint density at radius 2 is 1.11 bits per heavy atom. The van der Waals surface area contributed by atoms with Gasteiger partial charge in [0.1, 0.15) is 11.5 Å². The highest BCUT2D eigenvalue weighted by Gasteiger charge is 2.44. The van der Waals surface area contributed by atoms with Crippen LogP contribution in [0.2, 0.25) is 0 Å². The summed E-state index contributed by atoms with van der Waals surface area (Å²) in [7, 11) is 1.31. The van der Waals surface area contributed by atoms with Crippen molar-refractivity contribution in [2.75, 3.05) is 7.11 Å². The van der Waals surface area contributed by atoms with E-state index in [4.69, 9.17) is 4.74 Å². The first-order chi connectivity index (χ1) is 13.6. The monoisotopic (exact) mass is 373 g/mol. The summed E-state index contributed by atoms with van der Waals surface area (Å²) < 4.78 is 4.79. The van der Waals surface area contributed by atoms with Gasteiger partial charge in [-0.25, -0.2) is 4.79 Å². The van der Waals surface area contributed by atoms with Gasteiger partial charge >= 0.3 is 5.97 Å². The molecule has 0 saturated heterocycles. The predicted octanol–water partition coefficient (Wildman–Crippen LogP) is 3.70. The third-order valence-electron chi connectivity index (χ3n) is 4.86. The molecule has 3 aromatic rings. The van der Waals surface area contributed by atoms with Crippen LogP contribution in [0.25, 0.3) is 0 Å². The van der Waals surface area contributed by atoms with Crippen molar-refractivity contribution in [3.8, 4) is 0 Å². The molecule has 0 fully saturated rings. The van der Waals surface area contributed by atoms with Crippen molar-refractivity contribution in [3.05, 3.63) is 108 Å². The molecule has 1 amide bonds. The molecule has 1 atom stereocenters. The Balaban J connectivity index is 2.25. The molecule has 3 aromatic carbocycles. The molecule has 4 nitrogen and oxygen atoms in total. The quantitative estimate of drug-likeness (QED) is 0.529. The predicted molar refractivity (Wildman–Crippen MR) is 109 cm³/mol.